The van der Waals surface area contributed by atoms with Crippen LogP contribution < -0.4 is 4.74 Å². The Bertz CT molecular complexity index is 877. The van der Waals surface area contributed by atoms with Crippen LogP contribution in [-0.2, 0) is 6.42 Å². The molecule has 25 heavy (non-hydrogen) atoms. The Morgan fingerprint density at radius 1 is 1.24 bits per heavy atom. The predicted octanol–water partition coefficient (Wildman–Crippen LogP) is 5.20. The van der Waals surface area contributed by atoms with Crippen LogP contribution in [0.15, 0.2) is 41.1 Å². The number of alkyl halides is 2. The minimum absolute atomic E-state index is 0.139. The van der Waals surface area contributed by atoms with E-state index in [0.29, 0.717) is 22.6 Å². The van der Waals surface area contributed by atoms with Crippen LogP contribution in [0.5, 0.6) is 5.88 Å². The average molecular weight is 365 g/mol. The number of benzene rings is 1. The Morgan fingerprint density at radius 3 is 2.68 bits per heavy atom. The maximum atomic E-state index is 12.7. The Labute approximate surface area is 148 Å². The smallest absolute Gasteiger partial charge is 0.388 e. The molecule has 1 aromatic carbocycles. The molecule has 0 aliphatic heterocycles. The number of halogens is 3. The first kappa shape index (κ1) is 17.4. The normalized spacial score (nSPS) is 11.1. The Hall–Kier alpha value is -2.47. The van der Waals surface area contributed by atoms with Gasteiger partial charge in [0.1, 0.15) is 5.76 Å². The largest absolute Gasteiger partial charge is 0.416 e. The SMILES string of the molecule is Cc1noc(C)c1Cc1cnc(OC(F)F)c(-c2cccc(Cl)c2)c1. The molecule has 0 unspecified atom stereocenters. The lowest BCUT2D eigenvalue weighted by Crippen LogP contribution is -2.06. The van der Waals surface area contributed by atoms with Crippen LogP contribution in [0.1, 0.15) is 22.6 Å². The van der Waals surface area contributed by atoms with Gasteiger partial charge in [0.15, 0.2) is 0 Å². The zero-order valence-corrected chi connectivity index (χ0v) is 14.3. The fourth-order valence-corrected chi connectivity index (χ4v) is 2.78. The molecule has 7 heteroatoms. The second kappa shape index (κ2) is 7.19. The summed E-state index contributed by atoms with van der Waals surface area (Å²) in [6.45, 7) is 0.721. The van der Waals surface area contributed by atoms with E-state index in [9.17, 15) is 8.78 Å². The topological polar surface area (TPSA) is 48.2 Å². The van der Waals surface area contributed by atoms with Gasteiger partial charge in [-0.2, -0.15) is 8.78 Å². The molecule has 0 amide bonds. The summed E-state index contributed by atoms with van der Waals surface area (Å²) in [5, 5.41) is 4.42. The van der Waals surface area contributed by atoms with E-state index in [-0.39, 0.29) is 5.88 Å². The lowest BCUT2D eigenvalue weighted by atomic mass is 10.0. The third-order valence-electron chi connectivity index (χ3n) is 3.81. The molecule has 4 nitrogen and oxygen atoms in total. The zero-order valence-electron chi connectivity index (χ0n) is 13.6. The van der Waals surface area contributed by atoms with E-state index in [1.54, 1.807) is 30.3 Å². The number of rotatable bonds is 5. The van der Waals surface area contributed by atoms with Gasteiger partial charge >= 0.3 is 6.61 Å². The molecule has 0 fully saturated rings. The van der Waals surface area contributed by atoms with E-state index in [4.69, 9.17) is 16.1 Å². The monoisotopic (exact) mass is 364 g/mol. The molecule has 0 saturated carbocycles. The molecule has 0 bridgehead atoms. The van der Waals surface area contributed by atoms with Gasteiger partial charge in [-0.05, 0) is 43.2 Å². The van der Waals surface area contributed by atoms with Crippen molar-refractivity contribution in [2.24, 2.45) is 0 Å². The lowest BCUT2D eigenvalue weighted by molar-refractivity contribution is -0.0524. The predicted molar refractivity (Wildman–Crippen MR) is 90.1 cm³/mol. The first-order chi connectivity index (χ1) is 11.9. The molecular weight excluding hydrogens is 350 g/mol. The molecule has 0 radical (unpaired) electrons. The van der Waals surface area contributed by atoms with E-state index in [1.807, 2.05) is 13.8 Å². The molecule has 0 atom stereocenters. The number of hydrogen-bond donors (Lipinski definition) is 0. The van der Waals surface area contributed by atoms with E-state index in [0.717, 1.165) is 22.6 Å². The number of pyridine rings is 1. The third kappa shape index (κ3) is 3.96. The van der Waals surface area contributed by atoms with Crippen molar-refractivity contribution in [3.63, 3.8) is 0 Å². The average Bonchev–Trinajstić information content (AvgIpc) is 2.87. The highest BCUT2D eigenvalue weighted by atomic mass is 35.5. The molecule has 0 aliphatic carbocycles. The van der Waals surface area contributed by atoms with Crippen molar-refractivity contribution in [1.82, 2.24) is 10.1 Å². The highest BCUT2D eigenvalue weighted by Gasteiger charge is 2.16. The van der Waals surface area contributed by atoms with Gasteiger partial charge < -0.3 is 9.26 Å². The standard InChI is InChI=1S/C18H15ClF2N2O2/c1-10-15(11(2)25-23-10)6-12-7-16(13-4-3-5-14(19)8-13)17(22-9-12)24-18(20)21/h3-5,7-9,18H,6H2,1-2H3. The number of ether oxygens (including phenoxy) is 1. The van der Waals surface area contributed by atoms with Gasteiger partial charge in [0, 0.05) is 28.8 Å². The van der Waals surface area contributed by atoms with Gasteiger partial charge in [0.25, 0.3) is 0 Å². The summed E-state index contributed by atoms with van der Waals surface area (Å²) in [4.78, 5) is 4.07. The van der Waals surface area contributed by atoms with Crippen LogP contribution in [0.3, 0.4) is 0 Å². The maximum absolute atomic E-state index is 12.7. The fraction of sp³-hybridized carbons (Fsp3) is 0.222. The highest BCUT2D eigenvalue weighted by molar-refractivity contribution is 6.30. The molecule has 0 saturated heterocycles. The van der Waals surface area contributed by atoms with Gasteiger partial charge in [-0.15, -0.1) is 0 Å². The first-order valence-electron chi connectivity index (χ1n) is 7.55. The summed E-state index contributed by atoms with van der Waals surface area (Å²) in [6.07, 6.45) is 2.04. The molecule has 3 rings (SSSR count). The van der Waals surface area contributed by atoms with Crippen LogP contribution >= 0.6 is 11.6 Å². The number of hydrogen-bond acceptors (Lipinski definition) is 4. The maximum Gasteiger partial charge on any atom is 0.388 e. The van der Waals surface area contributed by atoms with Gasteiger partial charge in [0.2, 0.25) is 5.88 Å². The molecule has 2 heterocycles. The zero-order chi connectivity index (χ0) is 18.0. The Balaban J connectivity index is 2.03. The summed E-state index contributed by atoms with van der Waals surface area (Å²) in [7, 11) is 0. The molecule has 0 N–H and O–H groups in total. The first-order valence-corrected chi connectivity index (χ1v) is 7.93. The van der Waals surface area contributed by atoms with E-state index >= 15 is 0 Å². The van der Waals surface area contributed by atoms with Crippen molar-refractivity contribution >= 4 is 11.6 Å². The van der Waals surface area contributed by atoms with Crippen LogP contribution in [0.2, 0.25) is 5.02 Å². The van der Waals surface area contributed by atoms with E-state index in [1.165, 1.54) is 6.20 Å². The minimum atomic E-state index is -2.96. The number of aryl methyl sites for hydroxylation is 2. The molecule has 0 aliphatic rings. The second-order valence-electron chi connectivity index (χ2n) is 5.56. The van der Waals surface area contributed by atoms with Gasteiger partial charge in [-0.25, -0.2) is 4.98 Å². The second-order valence-corrected chi connectivity index (χ2v) is 6.00. The van der Waals surface area contributed by atoms with Gasteiger partial charge in [-0.3, -0.25) is 0 Å². The molecule has 130 valence electrons. The van der Waals surface area contributed by atoms with Gasteiger partial charge in [0.05, 0.1) is 5.69 Å². The van der Waals surface area contributed by atoms with Gasteiger partial charge in [-0.1, -0.05) is 28.9 Å². The quantitative estimate of drug-likeness (QED) is 0.624. The Morgan fingerprint density at radius 2 is 2.04 bits per heavy atom. The minimum Gasteiger partial charge on any atom is -0.416 e. The number of nitrogens with zero attached hydrogens (tertiary/aromatic N) is 2. The van der Waals surface area contributed by atoms with Crippen LogP contribution in [-0.4, -0.2) is 16.8 Å². The summed E-state index contributed by atoms with van der Waals surface area (Å²) in [5.41, 5.74) is 3.66. The summed E-state index contributed by atoms with van der Waals surface area (Å²) < 4.78 is 35.1. The molecule has 2 aromatic heterocycles. The van der Waals surface area contributed by atoms with E-state index in [2.05, 4.69) is 14.9 Å². The summed E-state index contributed by atoms with van der Waals surface area (Å²) in [5.74, 6) is 0.578. The van der Waals surface area contributed by atoms with Crippen molar-refractivity contribution < 1.29 is 18.0 Å². The molecular formula is C18H15ClF2N2O2. The van der Waals surface area contributed by atoms with Crippen LogP contribution in [0.4, 0.5) is 8.78 Å². The van der Waals surface area contributed by atoms with Crippen molar-refractivity contribution in [3.8, 4) is 17.0 Å². The van der Waals surface area contributed by atoms with E-state index < -0.39 is 6.61 Å². The molecule has 0 spiro atoms. The van der Waals surface area contributed by atoms with Crippen LogP contribution in [0, 0.1) is 13.8 Å². The number of aromatic nitrogens is 2. The van der Waals surface area contributed by atoms with Crippen LogP contribution in [0.25, 0.3) is 11.1 Å². The summed E-state index contributed by atoms with van der Waals surface area (Å²) >= 11 is 6.02. The fourth-order valence-electron chi connectivity index (χ4n) is 2.59. The summed E-state index contributed by atoms with van der Waals surface area (Å²) in [6, 6.07) is 8.66. The third-order valence-corrected chi connectivity index (χ3v) is 4.04. The Kier molecular flexibility index (Phi) is 4.99. The van der Waals surface area contributed by atoms with Crippen molar-refractivity contribution in [2.75, 3.05) is 0 Å². The lowest BCUT2D eigenvalue weighted by Gasteiger charge is -2.12. The highest BCUT2D eigenvalue weighted by Crippen LogP contribution is 2.32. The van der Waals surface area contributed by atoms with Crippen molar-refractivity contribution in [1.29, 1.82) is 0 Å². The van der Waals surface area contributed by atoms with Crippen molar-refractivity contribution in [3.05, 3.63) is 64.1 Å². The molecule has 3 aromatic rings. The van der Waals surface area contributed by atoms with Crippen molar-refractivity contribution in [2.45, 2.75) is 26.9 Å².